The van der Waals surface area contributed by atoms with E-state index in [0.717, 1.165) is 21.9 Å². The van der Waals surface area contributed by atoms with E-state index in [1.807, 2.05) is 0 Å². The van der Waals surface area contributed by atoms with Gasteiger partial charge in [0.05, 0.1) is 0 Å². The number of hydrogen-bond acceptors (Lipinski definition) is 1. The van der Waals surface area contributed by atoms with E-state index >= 15 is 0 Å². The second kappa shape index (κ2) is 10.2. The van der Waals surface area contributed by atoms with E-state index in [9.17, 15) is 0 Å². The predicted octanol–water partition coefficient (Wildman–Crippen LogP) is 13.2. The van der Waals surface area contributed by atoms with E-state index in [0.29, 0.717) is 0 Å². The molecule has 1 nitrogen and oxygen atoms in total. The Bertz CT molecular complexity index is 2850. The number of hydrogen-bond donors (Lipinski definition) is 0. The molecule has 218 valence electrons. The highest BCUT2D eigenvalue weighted by atomic mass is 16.3. The van der Waals surface area contributed by atoms with Crippen LogP contribution in [0.4, 0.5) is 0 Å². The van der Waals surface area contributed by atoms with Crippen molar-refractivity contribution in [3.8, 4) is 33.4 Å². The Kier molecular flexibility index (Phi) is 5.64. The largest absolute Gasteiger partial charge is 0.456 e. The van der Waals surface area contributed by atoms with Gasteiger partial charge in [0.25, 0.3) is 0 Å². The smallest absolute Gasteiger partial charge is 0.136 e. The Hall–Kier alpha value is -6.18. The van der Waals surface area contributed by atoms with Crippen molar-refractivity contribution in [1.82, 2.24) is 0 Å². The van der Waals surface area contributed by atoms with E-state index in [4.69, 9.17) is 4.42 Å². The highest BCUT2D eigenvalue weighted by Gasteiger charge is 2.16. The molecule has 0 saturated carbocycles. The molecule has 47 heavy (non-hydrogen) atoms. The molecule has 0 aliphatic rings. The molecule has 10 rings (SSSR count). The first kappa shape index (κ1) is 26.1. The van der Waals surface area contributed by atoms with Crippen molar-refractivity contribution < 1.29 is 4.42 Å². The molecule has 0 radical (unpaired) electrons. The summed E-state index contributed by atoms with van der Waals surface area (Å²) in [6.07, 6.45) is 0. The summed E-state index contributed by atoms with van der Waals surface area (Å²) < 4.78 is 6.40. The van der Waals surface area contributed by atoms with Gasteiger partial charge in [-0.25, -0.2) is 0 Å². The van der Waals surface area contributed by atoms with Crippen molar-refractivity contribution in [3.05, 3.63) is 170 Å². The van der Waals surface area contributed by atoms with Gasteiger partial charge in [0, 0.05) is 10.8 Å². The lowest BCUT2D eigenvalue weighted by Crippen LogP contribution is -1.88. The van der Waals surface area contributed by atoms with Crippen LogP contribution in [0.3, 0.4) is 0 Å². The van der Waals surface area contributed by atoms with Crippen LogP contribution in [0.15, 0.2) is 174 Å². The SMILES string of the molecule is c1cc(-c2cccc(-c3cccc4oc5cc6ccccc6cc5c34)c2)cc(-c2c3ccccc3cc3c2ccc2ccccc23)c1. The number of furan rings is 1. The molecule has 0 N–H and O–H groups in total. The average molecular weight is 597 g/mol. The van der Waals surface area contributed by atoms with Gasteiger partial charge in [0.2, 0.25) is 0 Å². The van der Waals surface area contributed by atoms with Gasteiger partial charge in [0.15, 0.2) is 0 Å². The zero-order chi connectivity index (χ0) is 30.9. The lowest BCUT2D eigenvalue weighted by atomic mass is 9.88. The molecule has 1 heteroatoms. The third-order valence-corrected chi connectivity index (χ3v) is 9.79. The fourth-order valence-electron chi connectivity index (χ4n) is 7.60. The summed E-state index contributed by atoms with van der Waals surface area (Å²) >= 11 is 0. The summed E-state index contributed by atoms with van der Waals surface area (Å²) in [5.41, 5.74) is 9.08. The van der Waals surface area contributed by atoms with Crippen molar-refractivity contribution in [1.29, 1.82) is 0 Å². The highest BCUT2D eigenvalue weighted by Crippen LogP contribution is 2.42. The maximum Gasteiger partial charge on any atom is 0.136 e. The minimum absolute atomic E-state index is 0.913. The topological polar surface area (TPSA) is 13.1 Å². The van der Waals surface area contributed by atoms with Crippen LogP contribution < -0.4 is 0 Å². The fraction of sp³-hybridized carbons (Fsp3) is 0. The van der Waals surface area contributed by atoms with Gasteiger partial charge >= 0.3 is 0 Å². The molecule has 1 heterocycles. The van der Waals surface area contributed by atoms with Crippen LogP contribution in [-0.2, 0) is 0 Å². The number of rotatable bonds is 3. The summed E-state index contributed by atoms with van der Waals surface area (Å²) in [5, 5.41) is 12.4. The number of fused-ring (bicyclic) bond motifs is 8. The minimum atomic E-state index is 0.913. The van der Waals surface area contributed by atoms with Gasteiger partial charge in [-0.05, 0) is 113 Å². The summed E-state index contributed by atoms with van der Waals surface area (Å²) in [7, 11) is 0. The molecule has 0 bridgehead atoms. The summed E-state index contributed by atoms with van der Waals surface area (Å²) in [6.45, 7) is 0. The lowest BCUT2D eigenvalue weighted by molar-refractivity contribution is 0.669. The Morgan fingerprint density at radius 3 is 1.74 bits per heavy atom. The molecule has 0 unspecified atom stereocenters. The van der Waals surface area contributed by atoms with Crippen molar-refractivity contribution in [2.75, 3.05) is 0 Å². The van der Waals surface area contributed by atoms with E-state index < -0.39 is 0 Å². The molecule has 0 amide bonds. The average Bonchev–Trinajstić information content (AvgIpc) is 3.50. The van der Waals surface area contributed by atoms with E-state index in [-0.39, 0.29) is 0 Å². The van der Waals surface area contributed by atoms with Crippen LogP contribution in [-0.4, -0.2) is 0 Å². The summed E-state index contributed by atoms with van der Waals surface area (Å²) in [5.74, 6) is 0. The van der Waals surface area contributed by atoms with Gasteiger partial charge in [-0.15, -0.1) is 0 Å². The summed E-state index contributed by atoms with van der Waals surface area (Å²) in [4.78, 5) is 0. The van der Waals surface area contributed by atoms with Crippen LogP contribution in [0.2, 0.25) is 0 Å². The van der Waals surface area contributed by atoms with Crippen LogP contribution in [0.1, 0.15) is 0 Å². The second-order valence-corrected chi connectivity index (χ2v) is 12.5. The van der Waals surface area contributed by atoms with E-state index in [1.54, 1.807) is 0 Å². The van der Waals surface area contributed by atoms with Crippen molar-refractivity contribution in [2.24, 2.45) is 0 Å². The van der Waals surface area contributed by atoms with Crippen molar-refractivity contribution in [3.63, 3.8) is 0 Å². The van der Waals surface area contributed by atoms with Crippen LogP contribution >= 0.6 is 0 Å². The normalized spacial score (nSPS) is 11.8. The van der Waals surface area contributed by atoms with Gasteiger partial charge in [-0.3, -0.25) is 0 Å². The van der Waals surface area contributed by atoms with Crippen molar-refractivity contribution in [2.45, 2.75) is 0 Å². The molecule has 9 aromatic carbocycles. The highest BCUT2D eigenvalue weighted by molar-refractivity contribution is 6.20. The Morgan fingerprint density at radius 1 is 0.298 bits per heavy atom. The standard InChI is InChI=1S/C46H28O/c1-2-12-33-28-44-42(26-32(33)11-1)46-39(20-9-21-43(46)47-44)34-16-7-14-30(24-34)31-15-8-17-36(25-31)45-38-19-6-4-13-35(38)27-41-37-18-5-3-10-29(37)22-23-40(41)45/h1-28H. The zero-order valence-corrected chi connectivity index (χ0v) is 25.6. The van der Waals surface area contributed by atoms with Crippen LogP contribution in [0.25, 0.3) is 98.4 Å². The van der Waals surface area contributed by atoms with Crippen LogP contribution in [0.5, 0.6) is 0 Å². The molecule has 0 fully saturated rings. The first-order chi connectivity index (χ1) is 23.3. The Balaban J connectivity index is 1.15. The molecule has 0 spiro atoms. The molecule has 10 aromatic rings. The molecule has 1 aromatic heterocycles. The molecule has 0 atom stereocenters. The zero-order valence-electron chi connectivity index (χ0n) is 25.6. The van der Waals surface area contributed by atoms with E-state index in [1.165, 1.54) is 76.5 Å². The maximum atomic E-state index is 6.40. The second-order valence-electron chi connectivity index (χ2n) is 12.5. The van der Waals surface area contributed by atoms with Gasteiger partial charge in [-0.2, -0.15) is 0 Å². The molecule has 0 aliphatic heterocycles. The first-order valence-electron chi connectivity index (χ1n) is 16.2. The first-order valence-corrected chi connectivity index (χ1v) is 16.2. The molecule has 0 saturated heterocycles. The predicted molar refractivity (Wildman–Crippen MR) is 200 cm³/mol. The quantitative estimate of drug-likeness (QED) is 0.146. The monoisotopic (exact) mass is 596 g/mol. The van der Waals surface area contributed by atoms with Crippen molar-refractivity contribution >= 4 is 65.0 Å². The molecule has 0 aliphatic carbocycles. The lowest BCUT2D eigenvalue weighted by Gasteiger charge is -2.15. The Labute approximate surface area is 271 Å². The van der Waals surface area contributed by atoms with Gasteiger partial charge in [0.1, 0.15) is 11.2 Å². The maximum absolute atomic E-state index is 6.40. The number of benzene rings is 9. The third kappa shape index (κ3) is 4.10. The van der Waals surface area contributed by atoms with Gasteiger partial charge < -0.3 is 4.42 Å². The van der Waals surface area contributed by atoms with E-state index in [2.05, 4.69) is 170 Å². The summed E-state index contributed by atoms with van der Waals surface area (Å²) in [6, 6.07) is 61.7. The third-order valence-electron chi connectivity index (χ3n) is 9.79. The minimum Gasteiger partial charge on any atom is -0.456 e. The van der Waals surface area contributed by atoms with Gasteiger partial charge in [-0.1, -0.05) is 133 Å². The fourth-order valence-corrected chi connectivity index (χ4v) is 7.60. The molecular weight excluding hydrogens is 569 g/mol. The Morgan fingerprint density at radius 2 is 0.915 bits per heavy atom. The van der Waals surface area contributed by atoms with Crippen LogP contribution in [0, 0.1) is 0 Å². The molecular formula is C46H28O.